The lowest BCUT2D eigenvalue weighted by Crippen LogP contribution is -2.25. The molecule has 12 aromatic carbocycles. The zero-order valence-electron chi connectivity index (χ0n) is 63.4. The Morgan fingerprint density at radius 3 is 1.15 bits per heavy atom. The summed E-state index contributed by atoms with van der Waals surface area (Å²) in [6, 6.07) is 71.9. The van der Waals surface area contributed by atoms with Crippen molar-refractivity contribution >= 4 is 61.3 Å². The van der Waals surface area contributed by atoms with E-state index in [9.17, 15) is 68.9 Å². The van der Waals surface area contributed by atoms with E-state index in [1.165, 1.54) is 36.4 Å². The van der Waals surface area contributed by atoms with Crippen LogP contribution in [-0.4, -0.2) is 50.6 Å². The summed E-state index contributed by atoms with van der Waals surface area (Å²) in [7, 11) is -14.8. The van der Waals surface area contributed by atoms with Crippen LogP contribution in [0.4, 0.5) is 0 Å². The summed E-state index contributed by atoms with van der Waals surface area (Å²) in [6.07, 6.45) is 0.217. The highest BCUT2D eigenvalue weighted by Gasteiger charge is 2.42. The van der Waals surface area contributed by atoms with Crippen LogP contribution in [0.5, 0.6) is 57.5 Å². The van der Waals surface area contributed by atoms with Crippen LogP contribution < -0.4 is 40.9 Å². The molecule has 568 valence electrons. The van der Waals surface area contributed by atoms with Gasteiger partial charge in [0.05, 0.1) is 33.5 Å². The van der Waals surface area contributed by atoms with Gasteiger partial charge in [0.15, 0.2) is 0 Å². The van der Waals surface area contributed by atoms with Crippen LogP contribution in [0.3, 0.4) is 0 Å². The molecular weight excluding hydrogens is 1460 g/mol. The molecule has 110 heavy (non-hydrogen) atoms. The molecule has 2 aliphatic rings. The molecule has 2 aliphatic heterocycles. The van der Waals surface area contributed by atoms with Gasteiger partial charge < -0.3 is 59.7 Å². The van der Waals surface area contributed by atoms with Crippen LogP contribution in [0.1, 0.15) is 116 Å². The fourth-order valence-electron chi connectivity index (χ4n) is 13.6. The lowest BCUT2D eigenvalue weighted by atomic mass is 9.78. The van der Waals surface area contributed by atoms with Crippen molar-refractivity contribution in [1.29, 1.82) is 0 Å². The second-order valence-electron chi connectivity index (χ2n) is 31.5. The zero-order chi connectivity index (χ0) is 79.8. The predicted octanol–water partition coefficient (Wildman–Crippen LogP) is 19.7. The van der Waals surface area contributed by atoms with E-state index in [0.717, 1.165) is 67.5 Å². The number of fused-ring (bicyclic) bond motifs is 6. The van der Waals surface area contributed by atoms with Gasteiger partial charge in [-0.3, -0.25) is 18.3 Å². The summed E-state index contributed by atoms with van der Waals surface area (Å²) >= 11 is 0. The summed E-state index contributed by atoms with van der Waals surface area (Å²) in [6.45, 7) is 24.6. The second kappa shape index (κ2) is 31.1. The Kier molecular flexibility index (Phi) is 22.8. The molecule has 16 nitrogen and oxygen atoms in total. The fourth-order valence-corrected chi connectivity index (χ4v) is 21.8. The quantitative estimate of drug-likeness (QED) is 0.0450. The molecule has 0 saturated carbocycles. The highest BCUT2D eigenvalue weighted by atomic mass is 31.2. The molecule has 0 aromatic heterocycles. The van der Waals surface area contributed by atoms with Gasteiger partial charge in [-0.15, -0.1) is 0 Å². The van der Waals surface area contributed by atoms with Crippen molar-refractivity contribution in [2.24, 2.45) is 0 Å². The molecule has 0 amide bonds. The van der Waals surface area contributed by atoms with Crippen molar-refractivity contribution in [3.8, 4) is 102 Å². The minimum atomic E-state index is -4.21. The Morgan fingerprint density at radius 2 is 0.673 bits per heavy atom. The van der Waals surface area contributed by atoms with E-state index in [2.05, 4.69) is 41.5 Å². The van der Waals surface area contributed by atoms with Crippen molar-refractivity contribution < 1.29 is 77.9 Å². The Balaban J connectivity index is 0.000000147. The number of hydrogen-bond acceptors (Lipinski definition) is 14. The Labute approximate surface area is 642 Å². The Morgan fingerprint density at radius 1 is 0.318 bits per heavy atom. The average Bonchev–Trinajstić information content (AvgIpc) is 0.738. The molecule has 14 rings (SSSR count). The largest absolute Gasteiger partial charge is 0.508 e. The first kappa shape index (κ1) is 80.5. The van der Waals surface area contributed by atoms with Gasteiger partial charge in [-0.1, -0.05) is 253 Å². The van der Waals surface area contributed by atoms with Crippen molar-refractivity contribution in [2.45, 2.75) is 117 Å². The molecule has 0 radical (unpaired) electrons. The summed E-state index contributed by atoms with van der Waals surface area (Å²) in [5.41, 5.74) is 9.19. The summed E-state index contributed by atoms with van der Waals surface area (Å²) in [5, 5.41) is 83.3. The van der Waals surface area contributed by atoms with E-state index in [1.54, 1.807) is 109 Å². The van der Waals surface area contributed by atoms with Gasteiger partial charge in [0.25, 0.3) is 14.7 Å². The topological polar surface area (TPSA) is 289 Å². The molecule has 2 heterocycles. The molecular formula is C90H92O16P4. The van der Waals surface area contributed by atoms with Gasteiger partial charge in [0.1, 0.15) is 57.5 Å². The molecule has 0 aliphatic carbocycles. The van der Waals surface area contributed by atoms with Gasteiger partial charge in [-0.2, -0.15) is 0 Å². The number of hydrogen-bond donors (Lipinski definition) is 10. The van der Waals surface area contributed by atoms with Gasteiger partial charge in [0, 0.05) is 32.9 Å². The third-order valence-corrected chi connectivity index (χ3v) is 28.0. The maximum absolute atomic E-state index is 14.3. The van der Waals surface area contributed by atoms with Crippen LogP contribution >= 0.6 is 29.5 Å². The molecule has 0 saturated heterocycles. The fraction of sp³-hybridized carbons (Fsp3) is 0.200. The second-order valence-corrected chi connectivity index (χ2v) is 40.4. The van der Waals surface area contributed by atoms with Crippen molar-refractivity contribution in [3.63, 3.8) is 0 Å². The van der Waals surface area contributed by atoms with E-state index in [1.807, 2.05) is 139 Å². The molecule has 20 heteroatoms. The lowest BCUT2D eigenvalue weighted by molar-refractivity contribution is 0.422. The first-order valence-electron chi connectivity index (χ1n) is 35.8. The summed E-state index contributed by atoms with van der Waals surface area (Å²) in [5.74, 6) is 0.928. The van der Waals surface area contributed by atoms with E-state index in [4.69, 9.17) is 9.05 Å². The molecule has 0 bridgehead atoms. The maximum atomic E-state index is 14.3. The standard InChI is InChI=1S/C27H33O4P.C27H31O3P.C18H15O5P.C18H13O4P/c1-26(2,3)21-15-18(16-22(25(21)29)27(4,5)6)17-32(30,31)24-14-10-8-12-20(24)19-11-7-9-13-23(19)28;1-26(2,3)21-15-18(16-22(25(21)28)27(4,5)6)17-31(29)24-14-10-8-12-20(24)19-11-7-9-13-23(19)30-31;19-12-9-10-16(21)18(11-12)24(22,23)17-8-4-2-6-14(17)13-5-1-3-7-15(13)20;19-12-9-10-15(20)18(11-12)23(21)17-8-4-2-6-14(17)13-5-1-3-7-16(13)22-23/h7-16,28-29H,17H2,1-6H3,(H,30,31);7-16,28H,17H2,1-6H3;1-11,19-21H,(H,22,23);1-11,19-20H. The van der Waals surface area contributed by atoms with Crippen LogP contribution in [0.25, 0.3) is 44.5 Å². The average molecular weight is 1550 g/mol. The number of benzene rings is 12. The SMILES string of the molecule is CC(C)(C)c1cc(CP(=O)(O)c2ccccc2-c2ccccc2O)cc(C(C)(C)C)c1O.CC(C)(C)c1cc(CP2(=O)Oc3ccccc3-c3ccccc32)cc(C(C)(C)C)c1O.O=P(O)(c1cc(O)ccc1O)c1ccccc1-c1ccccc1O.O=P1(c2cc(O)ccc2O)Oc2ccccc2-c2ccccc21. The Hall–Kier alpha value is -10.5. The highest BCUT2D eigenvalue weighted by molar-refractivity contribution is 7.75. The van der Waals surface area contributed by atoms with Crippen molar-refractivity contribution in [2.75, 3.05) is 0 Å². The predicted molar refractivity (Wildman–Crippen MR) is 443 cm³/mol. The van der Waals surface area contributed by atoms with Crippen LogP contribution in [0, 0.1) is 0 Å². The summed E-state index contributed by atoms with van der Waals surface area (Å²) in [4.78, 5) is 21.9. The van der Waals surface area contributed by atoms with Crippen LogP contribution in [-0.2, 0) is 52.2 Å². The first-order valence-corrected chi connectivity index (χ1v) is 42.7. The molecule has 12 aromatic rings. The van der Waals surface area contributed by atoms with E-state index in [0.29, 0.717) is 55.7 Å². The minimum absolute atomic E-state index is 0.0231. The van der Waals surface area contributed by atoms with Gasteiger partial charge in [-0.25, -0.2) is 0 Å². The Bertz CT molecular complexity index is 5610. The minimum Gasteiger partial charge on any atom is -0.508 e. The van der Waals surface area contributed by atoms with E-state index >= 15 is 0 Å². The molecule has 4 atom stereocenters. The van der Waals surface area contributed by atoms with Gasteiger partial charge in [-0.05, 0) is 162 Å². The number of aromatic hydroxyl groups is 8. The molecule has 0 fully saturated rings. The van der Waals surface area contributed by atoms with E-state index < -0.39 is 29.5 Å². The third-order valence-electron chi connectivity index (χ3n) is 19.1. The number of phenolic OH excluding ortho intramolecular Hbond substituents is 8. The van der Waals surface area contributed by atoms with Crippen LogP contribution in [0.2, 0.25) is 0 Å². The molecule has 4 unspecified atom stereocenters. The normalized spacial score (nSPS) is 16.1. The third kappa shape index (κ3) is 16.9. The van der Waals surface area contributed by atoms with E-state index in [-0.39, 0.29) is 90.1 Å². The van der Waals surface area contributed by atoms with Crippen LogP contribution in [0.15, 0.2) is 255 Å². The van der Waals surface area contributed by atoms with Gasteiger partial charge >= 0.3 is 7.37 Å². The first-order chi connectivity index (χ1) is 51.6. The van der Waals surface area contributed by atoms with Crippen molar-refractivity contribution in [3.05, 3.63) is 288 Å². The zero-order valence-corrected chi connectivity index (χ0v) is 67.0. The number of phenols is 8. The highest BCUT2D eigenvalue weighted by Crippen LogP contribution is 2.59. The maximum Gasteiger partial charge on any atom is 0.311 e. The van der Waals surface area contributed by atoms with Gasteiger partial charge in [0.2, 0.25) is 7.37 Å². The summed E-state index contributed by atoms with van der Waals surface area (Å²) < 4.78 is 66.9. The number of para-hydroxylation sites is 4. The molecule has 0 spiro atoms. The van der Waals surface area contributed by atoms with Crippen molar-refractivity contribution in [1.82, 2.24) is 0 Å². The smallest absolute Gasteiger partial charge is 0.311 e. The number of rotatable bonds is 10. The lowest BCUT2D eigenvalue weighted by Gasteiger charge is -2.31. The monoisotopic (exact) mass is 1550 g/mol. The molecule has 10 N–H and O–H groups in total.